The fourth-order valence-electron chi connectivity index (χ4n) is 2.53. The summed E-state index contributed by atoms with van der Waals surface area (Å²) in [7, 11) is 1.56. The molecule has 0 aliphatic rings. The van der Waals surface area contributed by atoms with E-state index >= 15 is 0 Å². The minimum atomic E-state index is -0.430. The molecule has 2 aromatic carbocycles. The van der Waals surface area contributed by atoms with Gasteiger partial charge in [0.2, 0.25) is 0 Å². The standard InChI is InChI=1S/C19H21N5O2/c1-12(2)13-7-9-15(10-8-13)24-18(20)17(22-23-24)19(25)21-14-5-4-6-16(11-14)26-3/h4-12H,20H2,1-3H3,(H,21,25). The number of methoxy groups -OCH3 is 1. The van der Waals surface area contributed by atoms with Gasteiger partial charge in [0.05, 0.1) is 12.8 Å². The van der Waals surface area contributed by atoms with Crippen LogP contribution in [-0.4, -0.2) is 28.0 Å². The van der Waals surface area contributed by atoms with E-state index in [1.165, 1.54) is 10.2 Å². The summed E-state index contributed by atoms with van der Waals surface area (Å²) in [4.78, 5) is 12.5. The van der Waals surface area contributed by atoms with Crippen LogP contribution < -0.4 is 15.8 Å². The van der Waals surface area contributed by atoms with E-state index in [4.69, 9.17) is 10.5 Å². The Bertz CT molecular complexity index is 916. The van der Waals surface area contributed by atoms with Crippen LogP contribution >= 0.6 is 0 Å². The first-order chi connectivity index (χ1) is 12.5. The average Bonchev–Trinajstić information content (AvgIpc) is 3.03. The Morgan fingerprint density at radius 2 is 1.92 bits per heavy atom. The van der Waals surface area contributed by atoms with Crippen LogP contribution in [0.25, 0.3) is 5.69 Å². The third-order valence-electron chi connectivity index (χ3n) is 4.05. The molecule has 1 amide bonds. The largest absolute Gasteiger partial charge is 0.497 e. The monoisotopic (exact) mass is 351 g/mol. The molecule has 134 valence electrons. The smallest absolute Gasteiger partial charge is 0.280 e. The van der Waals surface area contributed by atoms with E-state index in [1.54, 1.807) is 31.4 Å². The van der Waals surface area contributed by atoms with Gasteiger partial charge in [0.25, 0.3) is 5.91 Å². The molecule has 3 rings (SSSR count). The number of hydrogen-bond acceptors (Lipinski definition) is 5. The van der Waals surface area contributed by atoms with E-state index in [-0.39, 0.29) is 11.5 Å². The van der Waals surface area contributed by atoms with Gasteiger partial charge in [-0.2, -0.15) is 4.68 Å². The molecule has 0 fully saturated rings. The summed E-state index contributed by atoms with van der Waals surface area (Å²) in [6, 6.07) is 14.9. The summed E-state index contributed by atoms with van der Waals surface area (Å²) in [5.41, 5.74) is 8.72. The van der Waals surface area contributed by atoms with Gasteiger partial charge in [-0.05, 0) is 35.7 Å². The number of amides is 1. The second-order valence-corrected chi connectivity index (χ2v) is 6.17. The topological polar surface area (TPSA) is 95.1 Å². The van der Waals surface area contributed by atoms with Crippen molar-refractivity contribution in [3.63, 3.8) is 0 Å². The molecule has 0 aliphatic heterocycles. The molecule has 1 heterocycles. The second kappa shape index (κ2) is 7.26. The van der Waals surface area contributed by atoms with Crippen LogP contribution in [-0.2, 0) is 0 Å². The zero-order valence-electron chi connectivity index (χ0n) is 14.9. The fraction of sp³-hybridized carbons (Fsp3) is 0.211. The molecule has 0 saturated carbocycles. The Balaban J connectivity index is 1.82. The van der Waals surface area contributed by atoms with Crippen LogP contribution in [0.1, 0.15) is 35.8 Å². The van der Waals surface area contributed by atoms with Crippen molar-refractivity contribution in [3.8, 4) is 11.4 Å². The number of nitrogens with two attached hydrogens (primary N) is 1. The first-order valence-corrected chi connectivity index (χ1v) is 8.26. The van der Waals surface area contributed by atoms with Crippen LogP contribution in [0.2, 0.25) is 0 Å². The number of carbonyl (C=O) groups excluding carboxylic acids is 1. The van der Waals surface area contributed by atoms with Crippen molar-refractivity contribution in [2.24, 2.45) is 0 Å². The molecule has 0 bridgehead atoms. The molecule has 26 heavy (non-hydrogen) atoms. The Labute approximate surface area is 151 Å². The zero-order valence-corrected chi connectivity index (χ0v) is 14.9. The summed E-state index contributed by atoms with van der Waals surface area (Å²) in [5, 5.41) is 10.7. The van der Waals surface area contributed by atoms with Crippen LogP contribution in [0.5, 0.6) is 5.75 Å². The van der Waals surface area contributed by atoms with Gasteiger partial charge in [-0.3, -0.25) is 4.79 Å². The summed E-state index contributed by atoms with van der Waals surface area (Å²) in [5.74, 6) is 0.828. The maximum atomic E-state index is 12.5. The number of hydrogen-bond donors (Lipinski definition) is 2. The van der Waals surface area contributed by atoms with E-state index in [0.717, 1.165) is 5.69 Å². The van der Waals surface area contributed by atoms with Crippen LogP contribution in [0.4, 0.5) is 11.5 Å². The molecule has 7 heteroatoms. The number of nitrogen functional groups attached to an aromatic ring is 1. The predicted octanol–water partition coefficient (Wildman–Crippen LogP) is 3.23. The molecule has 0 aliphatic carbocycles. The predicted molar refractivity (Wildman–Crippen MR) is 101 cm³/mol. The van der Waals surface area contributed by atoms with E-state index in [1.807, 2.05) is 24.3 Å². The molecule has 0 radical (unpaired) electrons. The molecule has 0 spiro atoms. The normalized spacial score (nSPS) is 10.8. The lowest BCUT2D eigenvalue weighted by molar-refractivity contribution is 0.102. The van der Waals surface area contributed by atoms with Crippen molar-refractivity contribution < 1.29 is 9.53 Å². The highest BCUT2D eigenvalue weighted by Crippen LogP contribution is 2.21. The van der Waals surface area contributed by atoms with Gasteiger partial charge in [0.15, 0.2) is 11.5 Å². The van der Waals surface area contributed by atoms with E-state index < -0.39 is 5.91 Å². The summed E-state index contributed by atoms with van der Waals surface area (Å²) < 4.78 is 6.60. The average molecular weight is 351 g/mol. The summed E-state index contributed by atoms with van der Waals surface area (Å²) in [6.45, 7) is 4.25. The van der Waals surface area contributed by atoms with Gasteiger partial charge < -0.3 is 15.8 Å². The maximum Gasteiger partial charge on any atom is 0.280 e. The van der Waals surface area contributed by atoms with Crippen molar-refractivity contribution in [3.05, 3.63) is 59.8 Å². The highest BCUT2D eigenvalue weighted by atomic mass is 16.5. The number of ether oxygens (including phenoxy) is 1. The summed E-state index contributed by atoms with van der Waals surface area (Å²) in [6.07, 6.45) is 0. The van der Waals surface area contributed by atoms with Gasteiger partial charge in [0, 0.05) is 11.8 Å². The molecular weight excluding hydrogens is 330 g/mol. The number of nitrogens with zero attached hydrogens (tertiary/aromatic N) is 3. The molecule has 3 N–H and O–H groups in total. The van der Waals surface area contributed by atoms with Crippen molar-refractivity contribution in [2.75, 3.05) is 18.2 Å². The van der Waals surface area contributed by atoms with E-state index in [9.17, 15) is 4.79 Å². The Morgan fingerprint density at radius 3 is 2.58 bits per heavy atom. The molecule has 1 aromatic heterocycles. The minimum Gasteiger partial charge on any atom is -0.497 e. The molecule has 0 unspecified atom stereocenters. The van der Waals surface area contributed by atoms with Crippen molar-refractivity contribution in [2.45, 2.75) is 19.8 Å². The quantitative estimate of drug-likeness (QED) is 0.736. The lowest BCUT2D eigenvalue weighted by Crippen LogP contribution is -2.15. The van der Waals surface area contributed by atoms with Gasteiger partial charge in [-0.1, -0.05) is 37.3 Å². The van der Waals surface area contributed by atoms with Crippen LogP contribution in [0.3, 0.4) is 0 Å². The number of rotatable bonds is 5. The third kappa shape index (κ3) is 3.51. The van der Waals surface area contributed by atoms with E-state index in [2.05, 4.69) is 29.5 Å². The Morgan fingerprint density at radius 1 is 1.19 bits per heavy atom. The highest BCUT2D eigenvalue weighted by Gasteiger charge is 2.18. The Kier molecular flexibility index (Phi) is 4.88. The molecule has 7 nitrogen and oxygen atoms in total. The number of anilines is 2. The van der Waals surface area contributed by atoms with Gasteiger partial charge in [-0.25, -0.2) is 0 Å². The minimum absolute atomic E-state index is 0.0701. The maximum absolute atomic E-state index is 12.5. The van der Waals surface area contributed by atoms with Gasteiger partial charge in [0.1, 0.15) is 5.75 Å². The van der Waals surface area contributed by atoms with Crippen molar-refractivity contribution in [1.82, 2.24) is 15.0 Å². The lowest BCUT2D eigenvalue weighted by Gasteiger charge is -2.08. The number of nitrogens with one attached hydrogen (secondary N) is 1. The zero-order chi connectivity index (χ0) is 18.7. The first kappa shape index (κ1) is 17.5. The van der Waals surface area contributed by atoms with Crippen LogP contribution in [0.15, 0.2) is 48.5 Å². The Hall–Kier alpha value is -3.35. The number of carbonyl (C=O) groups is 1. The lowest BCUT2D eigenvalue weighted by atomic mass is 10.0. The van der Waals surface area contributed by atoms with Gasteiger partial charge in [-0.15, -0.1) is 5.10 Å². The molecule has 0 saturated heterocycles. The molecular formula is C19H21N5O2. The number of benzene rings is 2. The van der Waals surface area contributed by atoms with Crippen molar-refractivity contribution in [1.29, 1.82) is 0 Å². The fourth-order valence-corrected chi connectivity index (χ4v) is 2.53. The molecule has 0 atom stereocenters. The van der Waals surface area contributed by atoms with Crippen LogP contribution in [0, 0.1) is 0 Å². The van der Waals surface area contributed by atoms with E-state index in [0.29, 0.717) is 17.4 Å². The molecule has 3 aromatic rings. The van der Waals surface area contributed by atoms with Gasteiger partial charge >= 0.3 is 0 Å². The summed E-state index contributed by atoms with van der Waals surface area (Å²) >= 11 is 0. The second-order valence-electron chi connectivity index (χ2n) is 6.17. The van der Waals surface area contributed by atoms with Crippen molar-refractivity contribution >= 4 is 17.4 Å². The highest BCUT2D eigenvalue weighted by molar-refractivity contribution is 6.05. The first-order valence-electron chi connectivity index (χ1n) is 8.26. The number of aromatic nitrogens is 3. The SMILES string of the molecule is COc1cccc(NC(=O)c2nnn(-c3ccc(C(C)C)cc3)c2N)c1. The third-order valence-corrected chi connectivity index (χ3v) is 4.05.